The van der Waals surface area contributed by atoms with Crippen LogP contribution < -0.4 is 4.74 Å². The van der Waals surface area contributed by atoms with Gasteiger partial charge in [-0.3, -0.25) is 4.98 Å². The summed E-state index contributed by atoms with van der Waals surface area (Å²) in [4.78, 5) is 16.5. The summed E-state index contributed by atoms with van der Waals surface area (Å²) < 4.78 is 5.34. The summed E-state index contributed by atoms with van der Waals surface area (Å²) in [5, 5.41) is 20.8. The molecule has 1 fully saturated rings. The van der Waals surface area contributed by atoms with Gasteiger partial charge in [-0.25, -0.2) is 4.79 Å². The van der Waals surface area contributed by atoms with E-state index in [2.05, 4.69) is 4.98 Å². The minimum absolute atomic E-state index is 0.00110. The fraction of sp³-hybridized carbons (Fsp3) is 0.333. The van der Waals surface area contributed by atoms with Gasteiger partial charge in [0.15, 0.2) is 0 Å². The Balaban J connectivity index is 2.12. The summed E-state index contributed by atoms with van der Waals surface area (Å²) in [6.45, 7) is 1.85. The van der Waals surface area contributed by atoms with Crippen LogP contribution in [0.2, 0.25) is 5.02 Å². The molecule has 2 aromatic rings. The maximum atomic E-state index is 10.9. The summed E-state index contributed by atoms with van der Waals surface area (Å²) in [7, 11) is 1.50. The Morgan fingerprint density at radius 2 is 2.09 bits per heavy atom. The zero-order valence-electron chi connectivity index (χ0n) is 12.1. The molecule has 6 nitrogen and oxygen atoms in total. The van der Waals surface area contributed by atoms with Crippen LogP contribution in [-0.4, -0.2) is 46.4 Å². The number of rotatable bonds is 2. The van der Waals surface area contributed by atoms with Crippen molar-refractivity contribution >= 4 is 28.6 Å². The fourth-order valence-corrected chi connectivity index (χ4v) is 3.07. The van der Waals surface area contributed by atoms with Crippen molar-refractivity contribution < 1.29 is 19.7 Å². The lowest BCUT2D eigenvalue weighted by atomic mass is 9.85. The van der Waals surface area contributed by atoms with Crippen LogP contribution in [-0.2, 0) is 5.60 Å². The van der Waals surface area contributed by atoms with Crippen molar-refractivity contribution in [1.82, 2.24) is 9.88 Å². The third-order valence-corrected chi connectivity index (χ3v) is 4.20. The highest BCUT2D eigenvalue weighted by atomic mass is 35.5. The Labute approximate surface area is 131 Å². The van der Waals surface area contributed by atoms with E-state index in [1.165, 1.54) is 7.11 Å². The molecule has 3 rings (SSSR count). The number of aryl methyl sites for hydroxylation is 1. The first-order valence-electron chi connectivity index (χ1n) is 6.70. The number of halogens is 1. The van der Waals surface area contributed by atoms with Crippen molar-refractivity contribution in [3.8, 4) is 5.75 Å². The standard InChI is InChI=1S/C15H15ClN2O4/c1-8-3-11(16)9-4-10(13(22-2)5-12(9)17-8)15(21)6-18(7-15)14(19)20/h3-5,21H,6-7H2,1-2H3,(H,19,20). The van der Waals surface area contributed by atoms with Gasteiger partial charge in [-0.2, -0.15) is 0 Å². The molecule has 7 heteroatoms. The molecule has 2 N–H and O–H groups in total. The maximum absolute atomic E-state index is 10.9. The number of fused-ring (bicyclic) bond motifs is 1. The number of hydrogen-bond donors (Lipinski definition) is 2. The van der Waals surface area contributed by atoms with E-state index in [0.717, 1.165) is 10.6 Å². The average Bonchev–Trinajstić information content (AvgIpc) is 2.42. The Kier molecular flexibility index (Phi) is 3.38. The lowest BCUT2D eigenvalue weighted by Crippen LogP contribution is -2.61. The molecule has 1 aromatic carbocycles. The van der Waals surface area contributed by atoms with Crippen molar-refractivity contribution in [2.45, 2.75) is 12.5 Å². The monoisotopic (exact) mass is 322 g/mol. The number of nitrogens with zero attached hydrogens (tertiary/aromatic N) is 2. The van der Waals surface area contributed by atoms with Gasteiger partial charge in [0.1, 0.15) is 11.4 Å². The summed E-state index contributed by atoms with van der Waals surface area (Å²) in [6.07, 6.45) is -1.06. The van der Waals surface area contributed by atoms with Gasteiger partial charge in [-0.15, -0.1) is 0 Å². The minimum Gasteiger partial charge on any atom is -0.496 e. The fourth-order valence-electron chi connectivity index (χ4n) is 2.76. The summed E-state index contributed by atoms with van der Waals surface area (Å²) in [5.74, 6) is 0.467. The average molecular weight is 323 g/mol. The molecule has 0 spiro atoms. The Morgan fingerprint density at radius 1 is 1.41 bits per heavy atom. The van der Waals surface area contributed by atoms with Crippen molar-refractivity contribution in [2.75, 3.05) is 20.2 Å². The number of benzene rings is 1. The quantitative estimate of drug-likeness (QED) is 0.887. The predicted molar refractivity (Wildman–Crippen MR) is 81.5 cm³/mol. The molecule has 2 heterocycles. The number of pyridine rings is 1. The molecular weight excluding hydrogens is 308 g/mol. The second kappa shape index (κ2) is 5.00. The van der Waals surface area contributed by atoms with Crippen LogP contribution >= 0.6 is 11.6 Å². The third-order valence-electron chi connectivity index (χ3n) is 3.88. The molecule has 1 aliphatic rings. The molecule has 0 aliphatic carbocycles. The second-order valence-corrected chi connectivity index (χ2v) is 5.89. The number of methoxy groups -OCH3 is 1. The summed E-state index contributed by atoms with van der Waals surface area (Å²) in [6, 6.07) is 5.18. The van der Waals surface area contributed by atoms with Crippen molar-refractivity contribution in [3.63, 3.8) is 0 Å². The smallest absolute Gasteiger partial charge is 0.407 e. The molecule has 22 heavy (non-hydrogen) atoms. The zero-order valence-corrected chi connectivity index (χ0v) is 12.9. The van der Waals surface area contributed by atoms with E-state index in [9.17, 15) is 9.90 Å². The number of ether oxygens (including phenoxy) is 1. The molecule has 1 amide bonds. The highest BCUT2D eigenvalue weighted by Gasteiger charge is 2.47. The van der Waals surface area contributed by atoms with Gasteiger partial charge in [-0.05, 0) is 19.1 Å². The van der Waals surface area contributed by atoms with Gasteiger partial charge in [-0.1, -0.05) is 11.6 Å². The Bertz CT molecular complexity index is 772. The van der Waals surface area contributed by atoms with Crippen LogP contribution in [0.3, 0.4) is 0 Å². The van der Waals surface area contributed by atoms with Crippen LogP contribution in [0.25, 0.3) is 10.9 Å². The first-order valence-corrected chi connectivity index (χ1v) is 7.07. The van der Waals surface area contributed by atoms with Gasteiger partial charge in [0.25, 0.3) is 0 Å². The van der Waals surface area contributed by atoms with Crippen LogP contribution in [0.4, 0.5) is 4.79 Å². The topological polar surface area (TPSA) is 82.9 Å². The highest BCUT2D eigenvalue weighted by molar-refractivity contribution is 6.35. The molecular formula is C15H15ClN2O4. The maximum Gasteiger partial charge on any atom is 0.407 e. The first-order chi connectivity index (χ1) is 10.3. The molecule has 0 radical (unpaired) electrons. The van der Waals surface area contributed by atoms with Crippen molar-refractivity contribution in [3.05, 3.63) is 34.5 Å². The zero-order chi connectivity index (χ0) is 16.1. The van der Waals surface area contributed by atoms with E-state index in [1.807, 2.05) is 6.92 Å². The van der Waals surface area contributed by atoms with Crippen LogP contribution in [0.15, 0.2) is 18.2 Å². The number of carboxylic acid groups (broad SMARTS) is 1. The van der Waals surface area contributed by atoms with Crippen molar-refractivity contribution in [2.24, 2.45) is 0 Å². The molecule has 1 aliphatic heterocycles. The van der Waals surface area contributed by atoms with E-state index >= 15 is 0 Å². The Morgan fingerprint density at radius 3 is 2.68 bits per heavy atom. The number of amides is 1. The van der Waals surface area contributed by atoms with Gasteiger partial charge < -0.3 is 19.8 Å². The molecule has 1 saturated heterocycles. The third kappa shape index (κ3) is 2.24. The van der Waals surface area contributed by atoms with Crippen LogP contribution in [0, 0.1) is 6.92 Å². The molecule has 0 saturated carbocycles. The van der Waals surface area contributed by atoms with E-state index < -0.39 is 11.7 Å². The largest absolute Gasteiger partial charge is 0.496 e. The molecule has 1 aromatic heterocycles. The minimum atomic E-state index is -1.27. The van der Waals surface area contributed by atoms with Gasteiger partial charge in [0.05, 0.1) is 30.7 Å². The number of carbonyl (C=O) groups is 1. The second-order valence-electron chi connectivity index (χ2n) is 5.49. The normalized spacial score (nSPS) is 16.5. The number of aliphatic hydroxyl groups is 1. The summed E-state index contributed by atoms with van der Waals surface area (Å²) >= 11 is 6.25. The summed E-state index contributed by atoms with van der Waals surface area (Å²) in [5.41, 5.74) is 0.703. The number of likely N-dealkylation sites (tertiary alicyclic amines) is 1. The number of hydrogen-bond acceptors (Lipinski definition) is 4. The van der Waals surface area contributed by atoms with Crippen LogP contribution in [0.5, 0.6) is 5.75 Å². The molecule has 0 unspecified atom stereocenters. The highest BCUT2D eigenvalue weighted by Crippen LogP contribution is 2.40. The van der Waals surface area contributed by atoms with E-state index in [4.69, 9.17) is 21.4 Å². The van der Waals surface area contributed by atoms with Crippen molar-refractivity contribution in [1.29, 1.82) is 0 Å². The number of aromatic nitrogens is 1. The van der Waals surface area contributed by atoms with E-state index in [1.54, 1.807) is 18.2 Å². The van der Waals surface area contributed by atoms with Gasteiger partial charge >= 0.3 is 6.09 Å². The lowest BCUT2D eigenvalue weighted by Gasteiger charge is -2.45. The van der Waals surface area contributed by atoms with E-state index in [-0.39, 0.29) is 13.1 Å². The first kappa shape index (κ1) is 14.9. The van der Waals surface area contributed by atoms with Gasteiger partial charge in [0, 0.05) is 22.7 Å². The SMILES string of the molecule is COc1cc2nc(C)cc(Cl)c2cc1C1(O)CN(C(=O)O)C1. The lowest BCUT2D eigenvalue weighted by molar-refractivity contribution is -0.0908. The number of β-amino-alcohol motifs (C(OH)–C–C–N with tert-alkyl or cyclic N) is 1. The van der Waals surface area contributed by atoms with E-state index in [0.29, 0.717) is 27.2 Å². The molecule has 116 valence electrons. The van der Waals surface area contributed by atoms with Gasteiger partial charge in [0.2, 0.25) is 0 Å². The Hall–Kier alpha value is -2.05. The molecule has 0 bridgehead atoms. The molecule has 0 atom stereocenters. The van der Waals surface area contributed by atoms with Crippen LogP contribution in [0.1, 0.15) is 11.3 Å². The predicted octanol–water partition coefficient (Wildman–Crippen LogP) is 2.39.